The van der Waals surface area contributed by atoms with Crippen LogP contribution in [-0.2, 0) is 21.6 Å². The second-order valence-electron chi connectivity index (χ2n) is 13.5. The first-order valence-corrected chi connectivity index (χ1v) is 17.3. The monoisotopic (exact) mass is 688 g/mol. The number of carbonyl (C=O) groups is 4. The molecule has 2 fully saturated rings. The van der Waals surface area contributed by atoms with E-state index in [9.17, 15) is 19.2 Å². The number of piperidine rings is 1. The zero-order valence-electron chi connectivity index (χ0n) is 28.7. The van der Waals surface area contributed by atoms with Crippen molar-refractivity contribution in [3.05, 3.63) is 107 Å². The van der Waals surface area contributed by atoms with E-state index in [1.807, 2.05) is 30.3 Å². The fourth-order valence-corrected chi connectivity index (χ4v) is 6.54. The molecule has 7 rings (SSSR count). The molecule has 4 aromatic rings. The number of nitrogens with zero attached hydrogens (tertiary/aromatic N) is 4. The average Bonchev–Trinajstić information content (AvgIpc) is 3.36. The van der Waals surface area contributed by atoms with Crippen LogP contribution in [0.1, 0.15) is 77.1 Å². The molecule has 1 unspecified atom stereocenters. The summed E-state index contributed by atoms with van der Waals surface area (Å²) in [6, 6.07) is 22.2. The smallest absolute Gasteiger partial charge is 0.264 e. The minimum atomic E-state index is -1.00. The van der Waals surface area contributed by atoms with Crippen molar-refractivity contribution in [1.29, 1.82) is 0 Å². The van der Waals surface area contributed by atoms with Crippen LogP contribution in [0.25, 0.3) is 0 Å². The fraction of sp³-hybridized carbons (Fsp3) is 0.333. The highest BCUT2D eigenvalue weighted by Crippen LogP contribution is 2.34. The number of nitrogens with one attached hydrogen (secondary N) is 2. The molecule has 0 saturated carbocycles. The molecule has 3 aliphatic heterocycles. The first-order valence-electron chi connectivity index (χ1n) is 17.3. The molecule has 12 nitrogen and oxygen atoms in total. The number of hydrogen-bond donors (Lipinski definition) is 2. The highest BCUT2D eigenvalue weighted by Gasteiger charge is 2.45. The fourth-order valence-electron chi connectivity index (χ4n) is 6.54. The van der Waals surface area contributed by atoms with Crippen LogP contribution < -0.4 is 25.0 Å². The predicted octanol–water partition coefficient (Wildman–Crippen LogP) is 4.87. The maximum Gasteiger partial charge on any atom is 0.264 e. The van der Waals surface area contributed by atoms with Crippen molar-refractivity contribution in [2.24, 2.45) is 0 Å². The molecule has 262 valence electrons. The predicted molar refractivity (Wildman–Crippen MR) is 190 cm³/mol. The van der Waals surface area contributed by atoms with Gasteiger partial charge in [-0.15, -0.1) is 0 Å². The number of ether oxygens (including phenoxy) is 2. The molecule has 12 heteroatoms. The summed E-state index contributed by atoms with van der Waals surface area (Å²) in [5, 5.41) is 5.47. The highest BCUT2D eigenvalue weighted by atomic mass is 16.5. The van der Waals surface area contributed by atoms with Crippen LogP contribution in [-0.4, -0.2) is 70.8 Å². The first-order chi connectivity index (χ1) is 24.7. The SMILES string of the molecule is CC(C)(c1ccc(OCCCNc2cccc3c2C(=O)N(C2CCC(=O)NC2=O)C3=O)cc1)c1ccc(OCc2ccnc(N3CCC3)n2)cc1. The third-order valence-electron chi connectivity index (χ3n) is 9.75. The molecular weight excluding hydrogens is 648 g/mol. The van der Waals surface area contributed by atoms with Crippen molar-refractivity contribution in [2.75, 3.05) is 36.5 Å². The van der Waals surface area contributed by atoms with Gasteiger partial charge in [0.1, 0.15) is 24.1 Å². The molecule has 0 spiro atoms. The van der Waals surface area contributed by atoms with Crippen molar-refractivity contribution in [2.45, 2.75) is 57.6 Å². The van der Waals surface area contributed by atoms with Gasteiger partial charge in [0.2, 0.25) is 17.8 Å². The Bertz CT molecular complexity index is 1960. The van der Waals surface area contributed by atoms with E-state index >= 15 is 0 Å². The molecule has 3 aromatic carbocycles. The molecule has 51 heavy (non-hydrogen) atoms. The molecule has 1 atom stereocenters. The van der Waals surface area contributed by atoms with E-state index in [0.717, 1.165) is 52.3 Å². The van der Waals surface area contributed by atoms with Crippen LogP contribution in [0.5, 0.6) is 11.5 Å². The number of benzene rings is 3. The Morgan fingerprint density at radius 2 is 1.59 bits per heavy atom. The summed E-state index contributed by atoms with van der Waals surface area (Å²) in [6.07, 6.45) is 3.79. The molecule has 0 radical (unpaired) electrons. The summed E-state index contributed by atoms with van der Waals surface area (Å²) in [6.45, 7) is 7.69. The zero-order chi connectivity index (χ0) is 35.5. The van der Waals surface area contributed by atoms with Gasteiger partial charge in [-0.2, -0.15) is 0 Å². The van der Waals surface area contributed by atoms with Gasteiger partial charge in [-0.05, 0) is 72.9 Å². The summed E-state index contributed by atoms with van der Waals surface area (Å²) >= 11 is 0. The van der Waals surface area contributed by atoms with Gasteiger partial charge in [-0.1, -0.05) is 44.2 Å². The van der Waals surface area contributed by atoms with Gasteiger partial charge >= 0.3 is 0 Å². The maximum atomic E-state index is 13.3. The van der Waals surface area contributed by atoms with Gasteiger partial charge in [-0.25, -0.2) is 9.97 Å². The van der Waals surface area contributed by atoms with Crippen LogP contribution in [0, 0.1) is 0 Å². The van der Waals surface area contributed by atoms with Crippen molar-refractivity contribution in [3.63, 3.8) is 0 Å². The quantitative estimate of drug-likeness (QED) is 0.148. The lowest BCUT2D eigenvalue weighted by atomic mass is 9.78. The van der Waals surface area contributed by atoms with Crippen molar-refractivity contribution in [1.82, 2.24) is 20.2 Å². The zero-order valence-corrected chi connectivity index (χ0v) is 28.7. The number of rotatable bonds is 13. The minimum Gasteiger partial charge on any atom is -0.494 e. The molecule has 0 bridgehead atoms. The minimum absolute atomic E-state index is 0.0752. The highest BCUT2D eigenvalue weighted by molar-refractivity contribution is 6.25. The van der Waals surface area contributed by atoms with E-state index in [-0.39, 0.29) is 29.4 Å². The molecule has 2 N–H and O–H groups in total. The third-order valence-corrected chi connectivity index (χ3v) is 9.75. The van der Waals surface area contributed by atoms with Gasteiger partial charge < -0.3 is 19.7 Å². The Morgan fingerprint density at radius 3 is 2.25 bits per heavy atom. The number of fused-ring (bicyclic) bond motifs is 1. The van der Waals surface area contributed by atoms with Crippen LogP contribution in [0.4, 0.5) is 11.6 Å². The van der Waals surface area contributed by atoms with Gasteiger partial charge in [-0.3, -0.25) is 29.4 Å². The lowest BCUT2D eigenvalue weighted by molar-refractivity contribution is -0.136. The van der Waals surface area contributed by atoms with E-state index in [1.165, 1.54) is 6.42 Å². The summed E-state index contributed by atoms with van der Waals surface area (Å²) in [7, 11) is 0. The van der Waals surface area contributed by atoms with Crippen LogP contribution in [0.2, 0.25) is 0 Å². The van der Waals surface area contributed by atoms with E-state index < -0.39 is 29.7 Å². The number of imide groups is 2. The van der Waals surface area contributed by atoms with E-state index in [1.54, 1.807) is 24.4 Å². The second kappa shape index (κ2) is 14.2. The summed E-state index contributed by atoms with van der Waals surface area (Å²) in [4.78, 5) is 62.5. The number of aromatic nitrogens is 2. The lowest BCUT2D eigenvalue weighted by Crippen LogP contribution is -2.54. The number of carbonyl (C=O) groups excluding carboxylic acids is 4. The van der Waals surface area contributed by atoms with Gasteiger partial charge in [0.15, 0.2) is 0 Å². The van der Waals surface area contributed by atoms with E-state index in [4.69, 9.17) is 9.47 Å². The standard InChI is InChI=1S/C39H40N6O6/c1-39(2,26-10-14-29(15-11-26)51-24-27-18-20-41-38(42-27)44-21-5-22-44)25-8-12-28(13-9-25)50-23-4-19-40-31-7-3-6-30-34(31)37(49)45(36(30)48)32-16-17-33(46)43-35(32)47/h3,6-15,18,20,32,40H,4-5,16-17,19,21-24H2,1-2H3,(H,43,46,47). The van der Waals surface area contributed by atoms with Crippen LogP contribution >= 0.6 is 0 Å². The third kappa shape index (κ3) is 6.99. The molecule has 1 aromatic heterocycles. The Morgan fingerprint density at radius 1 is 0.882 bits per heavy atom. The van der Waals surface area contributed by atoms with E-state index in [0.29, 0.717) is 31.9 Å². The number of amides is 4. The molecule has 4 amide bonds. The lowest BCUT2D eigenvalue weighted by Gasteiger charge is -2.30. The summed E-state index contributed by atoms with van der Waals surface area (Å²) in [5.41, 5.74) is 3.91. The van der Waals surface area contributed by atoms with Crippen molar-refractivity contribution >= 4 is 35.3 Å². The average molecular weight is 689 g/mol. The summed E-state index contributed by atoms with van der Waals surface area (Å²) < 4.78 is 12.0. The molecular formula is C39H40N6O6. The largest absolute Gasteiger partial charge is 0.494 e. The Kier molecular flexibility index (Phi) is 9.40. The molecule has 2 saturated heterocycles. The Labute approximate surface area is 296 Å². The topological polar surface area (TPSA) is 143 Å². The second-order valence-corrected chi connectivity index (χ2v) is 13.5. The van der Waals surface area contributed by atoms with Gasteiger partial charge in [0.25, 0.3) is 11.8 Å². The molecule has 4 heterocycles. The molecule has 3 aliphatic rings. The van der Waals surface area contributed by atoms with Crippen molar-refractivity contribution in [3.8, 4) is 11.5 Å². The Balaban J connectivity index is 0.886. The van der Waals surface area contributed by atoms with Crippen LogP contribution in [0.15, 0.2) is 79.0 Å². The number of hydrogen-bond acceptors (Lipinski definition) is 10. The summed E-state index contributed by atoms with van der Waals surface area (Å²) in [5.74, 6) is 0.196. The van der Waals surface area contributed by atoms with Crippen LogP contribution in [0.3, 0.4) is 0 Å². The van der Waals surface area contributed by atoms with Gasteiger partial charge in [0.05, 0.1) is 23.4 Å². The maximum absolute atomic E-state index is 13.3. The van der Waals surface area contributed by atoms with Crippen molar-refractivity contribution < 1.29 is 28.7 Å². The van der Waals surface area contributed by atoms with E-state index in [2.05, 4.69) is 63.6 Å². The normalized spacial score (nSPS) is 17.2. The first kappa shape index (κ1) is 33.7. The number of anilines is 2. The molecule has 0 aliphatic carbocycles. The van der Waals surface area contributed by atoms with Gasteiger partial charge in [0, 0.05) is 43.4 Å². The Hall–Kier alpha value is -5.78.